The second-order valence-corrected chi connectivity index (χ2v) is 9.54. The fraction of sp³-hybridized carbons (Fsp3) is 0.556. The molecule has 0 bridgehead atoms. The van der Waals surface area contributed by atoms with Gasteiger partial charge in [0.2, 0.25) is 5.88 Å². The first-order valence-electron chi connectivity index (χ1n) is 8.85. The molecule has 0 aliphatic carbocycles. The van der Waals surface area contributed by atoms with Crippen LogP contribution in [0.4, 0.5) is 0 Å². The minimum Gasteiger partial charge on any atom is -0.474 e. The van der Waals surface area contributed by atoms with Crippen LogP contribution in [-0.2, 0) is 20.3 Å². The molecule has 152 valence electrons. The van der Waals surface area contributed by atoms with Crippen LogP contribution in [0, 0.1) is 4.78 Å². The van der Waals surface area contributed by atoms with Crippen LogP contribution >= 0.6 is 11.6 Å². The maximum atomic E-state index is 11.6. The third-order valence-electron chi connectivity index (χ3n) is 4.83. The maximum Gasteiger partial charge on any atom is 0.223 e. The zero-order valence-corrected chi connectivity index (χ0v) is 18.1. The Morgan fingerprint density at radius 2 is 2.04 bits per heavy atom. The Bertz CT molecular complexity index is 995. The summed E-state index contributed by atoms with van der Waals surface area (Å²) in [4.78, 5) is 11.6. The Morgan fingerprint density at radius 3 is 2.61 bits per heavy atom. The summed E-state index contributed by atoms with van der Waals surface area (Å²) >= 11 is 6.11. The van der Waals surface area contributed by atoms with E-state index in [-0.39, 0.29) is 6.10 Å². The van der Waals surface area contributed by atoms with E-state index in [1.165, 1.54) is 0 Å². The number of ether oxygens (including phenoxy) is 1. The van der Waals surface area contributed by atoms with Crippen molar-refractivity contribution in [2.45, 2.75) is 63.9 Å². The zero-order chi connectivity index (χ0) is 21.1. The standard InChI is InChI=1S/C18H24ClN6O2S/c1-6-18(5,24-25-20)14-10-23-16(13-9-22-15(19)7-12(13)14)27-11(2)8-17(3,4)28(21)26/h7,9-11,21H,6,8H2,1-5H3/q-1/t11-,18?/m0/s1. The third kappa shape index (κ3) is 4.66. The van der Waals surface area contributed by atoms with Crippen molar-refractivity contribution in [2.24, 2.45) is 5.11 Å². The Labute approximate surface area is 171 Å². The summed E-state index contributed by atoms with van der Waals surface area (Å²) in [6, 6.07) is 1.70. The predicted octanol–water partition coefficient (Wildman–Crippen LogP) is 5.88. The van der Waals surface area contributed by atoms with E-state index < -0.39 is 20.9 Å². The normalized spacial score (nSPS) is 15.1. The summed E-state index contributed by atoms with van der Waals surface area (Å²) in [6.45, 7) is 9.14. The number of aromatic nitrogens is 2. The van der Waals surface area contributed by atoms with Gasteiger partial charge < -0.3 is 13.7 Å². The van der Waals surface area contributed by atoms with Gasteiger partial charge in [0, 0.05) is 17.3 Å². The summed E-state index contributed by atoms with van der Waals surface area (Å²) in [5, 5.41) is 5.67. The Balaban J connectivity index is 2.53. The van der Waals surface area contributed by atoms with Crippen molar-refractivity contribution in [1.82, 2.24) is 9.97 Å². The van der Waals surface area contributed by atoms with Gasteiger partial charge in [0.05, 0.1) is 17.0 Å². The van der Waals surface area contributed by atoms with Crippen molar-refractivity contribution in [3.63, 3.8) is 0 Å². The van der Waals surface area contributed by atoms with Gasteiger partial charge in [-0.1, -0.05) is 42.2 Å². The highest BCUT2D eigenvalue weighted by Crippen LogP contribution is 2.38. The van der Waals surface area contributed by atoms with Crippen molar-refractivity contribution in [3.8, 4) is 5.88 Å². The number of hydrogen-bond acceptors (Lipinski definition) is 7. The second-order valence-electron chi connectivity index (χ2n) is 7.51. The molecule has 0 aromatic carbocycles. The highest BCUT2D eigenvalue weighted by Gasteiger charge is 2.27. The van der Waals surface area contributed by atoms with Gasteiger partial charge in [0.25, 0.3) is 0 Å². The first-order chi connectivity index (χ1) is 13.0. The van der Waals surface area contributed by atoms with Crippen LogP contribution in [0.3, 0.4) is 0 Å². The van der Waals surface area contributed by atoms with Crippen molar-refractivity contribution in [3.05, 3.63) is 39.6 Å². The molecular formula is C18H24ClN6O2S-. The van der Waals surface area contributed by atoms with Crippen LogP contribution in [0.15, 0.2) is 23.6 Å². The average Bonchev–Trinajstić information content (AvgIpc) is 2.61. The highest BCUT2D eigenvalue weighted by molar-refractivity contribution is 7.75. The van der Waals surface area contributed by atoms with Gasteiger partial charge in [0.1, 0.15) is 5.15 Å². The minimum atomic E-state index is -1.73. The third-order valence-corrected chi connectivity index (χ3v) is 6.21. The van der Waals surface area contributed by atoms with Crippen LogP contribution in [0.25, 0.3) is 21.2 Å². The molecule has 1 unspecified atom stereocenters. The molecule has 2 heterocycles. The highest BCUT2D eigenvalue weighted by atomic mass is 35.5. The molecule has 28 heavy (non-hydrogen) atoms. The van der Waals surface area contributed by atoms with Crippen LogP contribution in [0.1, 0.15) is 53.0 Å². The number of fused-ring (bicyclic) bond motifs is 1. The second kappa shape index (κ2) is 8.51. The molecule has 2 atom stereocenters. The fourth-order valence-corrected chi connectivity index (χ4v) is 3.57. The molecule has 8 nitrogen and oxygen atoms in total. The molecule has 0 spiro atoms. The Kier molecular flexibility index (Phi) is 6.75. The van der Waals surface area contributed by atoms with Crippen molar-refractivity contribution < 1.29 is 8.95 Å². The van der Waals surface area contributed by atoms with Gasteiger partial charge >= 0.3 is 0 Å². The Hall–Kier alpha value is -2.09. The molecule has 2 rings (SSSR count). The summed E-state index contributed by atoms with van der Waals surface area (Å²) < 4.78 is 24.4. The summed E-state index contributed by atoms with van der Waals surface area (Å²) in [5.74, 6) is 0.362. The average molecular weight is 424 g/mol. The zero-order valence-electron chi connectivity index (χ0n) is 16.6. The molecule has 0 amide bonds. The van der Waals surface area contributed by atoms with E-state index in [1.807, 2.05) is 20.8 Å². The maximum absolute atomic E-state index is 11.6. The van der Waals surface area contributed by atoms with E-state index in [9.17, 15) is 4.21 Å². The first kappa shape index (κ1) is 22.2. The quantitative estimate of drug-likeness (QED) is 0.187. The van der Waals surface area contributed by atoms with E-state index in [4.69, 9.17) is 26.6 Å². The lowest BCUT2D eigenvalue weighted by Crippen LogP contribution is -2.29. The molecule has 2 aromatic heterocycles. The summed E-state index contributed by atoms with van der Waals surface area (Å²) in [5.41, 5.74) is 8.93. The van der Waals surface area contributed by atoms with Gasteiger partial charge in [-0.15, -0.1) is 0 Å². The topological polar surface area (TPSA) is 125 Å². The van der Waals surface area contributed by atoms with Crippen LogP contribution in [0.2, 0.25) is 5.15 Å². The molecule has 0 aliphatic rings. The van der Waals surface area contributed by atoms with Crippen LogP contribution in [0.5, 0.6) is 5.88 Å². The molecule has 10 heteroatoms. The molecule has 0 radical (unpaired) electrons. The number of hydrogen-bond donors (Lipinski definition) is 1. The van der Waals surface area contributed by atoms with Gasteiger partial charge in [0.15, 0.2) is 0 Å². The van der Waals surface area contributed by atoms with Gasteiger partial charge in [-0.05, 0) is 49.2 Å². The van der Waals surface area contributed by atoms with Crippen molar-refractivity contribution in [2.75, 3.05) is 0 Å². The lowest BCUT2D eigenvalue weighted by atomic mass is 9.88. The summed E-state index contributed by atoms with van der Waals surface area (Å²) in [7, 11) is -1.73. The lowest BCUT2D eigenvalue weighted by molar-refractivity contribution is 0.193. The SMILES string of the molecule is CCC(C)(N=[N+]=[N-])c1cnc(O[C@@H](C)CC(C)(C)[S-](=N)=O)c2cnc(Cl)cc12. The number of halogens is 1. The smallest absolute Gasteiger partial charge is 0.223 e. The largest absolute Gasteiger partial charge is 0.474 e. The number of pyridine rings is 2. The van der Waals surface area contributed by atoms with Gasteiger partial charge in [-0.3, -0.25) is 0 Å². The van der Waals surface area contributed by atoms with Crippen LogP contribution < -0.4 is 4.74 Å². The number of azide groups is 1. The molecule has 0 aliphatic heterocycles. The van der Waals surface area contributed by atoms with Crippen molar-refractivity contribution in [1.29, 1.82) is 4.78 Å². The molecule has 0 saturated heterocycles. The lowest BCUT2D eigenvalue weighted by Gasteiger charge is -2.31. The van der Waals surface area contributed by atoms with E-state index >= 15 is 0 Å². The molecule has 2 aromatic rings. The summed E-state index contributed by atoms with van der Waals surface area (Å²) in [6.07, 6.45) is 3.88. The molecular weight excluding hydrogens is 400 g/mol. The molecule has 0 saturated carbocycles. The van der Waals surface area contributed by atoms with Crippen molar-refractivity contribution >= 4 is 33.0 Å². The van der Waals surface area contributed by atoms with E-state index in [1.54, 1.807) is 32.3 Å². The van der Waals surface area contributed by atoms with Gasteiger partial charge in [-0.25, -0.2) is 9.97 Å². The van der Waals surface area contributed by atoms with Crippen LogP contribution in [-0.4, -0.2) is 20.8 Å². The fourth-order valence-electron chi connectivity index (χ4n) is 3.02. The molecule has 1 N–H and O–H groups in total. The number of nitrogens with one attached hydrogen (secondary N) is 1. The van der Waals surface area contributed by atoms with E-state index in [0.717, 1.165) is 10.9 Å². The predicted molar refractivity (Wildman–Crippen MR) is 111 cm³/mol. The van der Waals surface area contributed by atoms with Gasteiger partial charge in [-0.2, -0.15) is 10.6 Å². The minimum absolute atomic E-state index is 0.309. The molecule has 0 fully saturated rings. The van der Waals surface area contributed by atoms with E-state index in [0.29, 0.717) is 29.3 Å². The monoisotopic (exact) mass is 423 g/mol. The number of nitrogens with zero attached hydrogens (tertiary/aromatic N) is 5. The van der Waals surface area contributed by atoms with E-state index in [2.05, 4.69) is 20.0 Å². The number of rotatable bonds is 8. The Morgan fingerprint density at radius 1 is 1.36 bits per heavy atom. The first-order valence-corrected chi connectivity index (χ1v) is 10.4.